The van der Waals surface area contributed by atoms with E-state index in [9.17, 15) is 4.39 Å². The van der Waals surface area contributed by atoms with Crippen molar-refractivity contribution in [2.24, 2.45) is 0 Å². The van der Waals surface area contributed by atoms with Crippen LogP contribution in [0.2, 0.25) is 0 Å². The van der Waals surface area contributed by atoms with Crippen molar-refractivity contribution in [3.63, 3.8) is 0 Å². The van der Waals surface area contributed by atoms with Gasteiger partial charge in [-0.3, -0.25) is 0 Å². The molecule has 0 aromatic carbocycles. The molecule has 152 valence electrons. The largest absolute Gasteiger partial charge is 0.495 e. The maximum Gasteiger partial charge on any atom is 0.223 e. The van der Waals surface area contributed by atoms with Crippen molar-refractivity contribution in [2.75, 3.05) is 32.1 Å². The van der Waals surface area contributed by atoms with Crippen LogP contribution < -0.4 is 15.4 Å². The Morgan fingerprint density at radius 3 is 3.00 bits per heavy atom. The van der Waals surface area contributed by atoms with Crippen LogP contribution in [-0.2, 0) is 4.74 Å². The standard InChI is InChI=1S/C19H22FN7O2/c1-28-16-8-17-23-10-14(27(17)26-18(16)15-4-7-29-15)12-3-6-22-19(24-12)25-13-9-21-5-2-11(13)20/h3,6,8,10-11,13,15,21H,2,4-5,7,9H2,1H3,(H,22,24,25)/t11-,13-,15?/m0/s1. The van der Waals surface area contributed by atoms with E-state index >= 15 is 0 Å². The van der Waals surface area contributed by atoms with Gasteiger partial charge in [-0.05, 0) is 19.0 Å². The number of methoxy groups -OCH3 is 1. The summed E-state index contributed by atoms with van der Waals surface area (Å²) in [6, 6.07) is 3.27. The molecule has 9 nitrogen and oxygen atoms in total. The van der Waals surface area contributed by atoms with Crippen LogP contribution in [-0.4, -0.2) is 63.6 Å². The van der Waals surface area contributed by atoms with E-state index in [-0.39, 0.29) is 12.1 Å². The summed E-state index contributed by atoms with van der Waals surface area (Å²) in [7, 11) is 1.61. The molecule has 2 aliphatic heterocycles. The Morgan fingerprint density at radius 2 is 2.24 bits per heavy atom. The molecule has 3 aromatic rings. The quantitative estimate of drug-likeness (QED) is 0.670. The number of nitrogens with one attached hydrogen (secondary N) is 2. The van der Waals surface area contributed by atoms with E-state index in [1.807, 2.05) is 6.07 Å². The Morgan fingerprint density at radius 1 is 1.34 bits per heavy atom. The molecule has 2 N–H and O–H groups in total. The minimum Gasteiger partial charge on any atom is -0.495 e. The van der Waals surface area contributed by atoms with Crippen molar-refractivity contribution in [3.05, 3.63) is 30.2 Å². The first-order valence-electron chi connectivity index (χ1n) is 9.72. The van der Waals surface area contributed by atoms with E-state index in [1.165, 1.54) is 0 Å². The number of anilines is 1. The summed E-state index contributed by atoms with van der Waals surface area (Å²) in [6.45, 7) is 1.94. The van der Waals surface area contributed by atoms with Gasteiger partial charge < -0.3 is 20.1 Å². The van der Waals surface area contributed by atoms with E-state index in [4.69, 9.17) is 14.6 Å². The fourth-order valence-electron chi connectivity index (χ4n) is 3.63. The lowest BCUT2D eigenvalue weighted by molar-refractivity contribution is -0.0569. The maximum atomic E-state index is 14.1. The zero-order chi connectivity index (χ0) is 19.8. The van der Waals surface area contributed by atoms with Gasteiger partial charge in [0.15, 0.2) is 5.65 Å². The summed E-state index contributed by atoms with van der Waals surface area (Å²) in [6.07, 6.45) is 3.72. The normalized spacial score (nSPS) is 24.3. The zero-order valence-corrected chi connectivity index (χ0v) is 16.0. The molecule has 1 unspecified atom stereocenters. The van der Waals surface area contributed by atoms with Gasteiger partial charge in [-0.2, -0.15) is 5.10 Å². The molecular formula is C19H22FN7O2. The topological polar surface area (TPSA) is 98.5 Å². The van der Waals surface area contributed by atoms with Crippen molar-refractivity contribution in [2.45, 2.75) is 31.2 Å². The Kier molecular flexibility index (Phi) is 4.72. The van der Waals surface area contributed by atoms with Gasteiger partial charge in [-0.1, -0.05) is 0 Å². The van der Waals surface area contributed by atoms with Gasteiger partial charge in [0, 0.05) is 25.2 Å². The highest BCUT2D eigenvalue weighted by atomic mass is 19.1. The van der Waals surface area contributed by atoms with E-state index in [1.54, 1.807) is 30.1 Å². The first-order valence-corrected chi connectivity index (χ1v) is 9.72. The molecule has 0 bridgehead atoms. The maximum absolute atomic E-state index is 14.1. The van der Waals surface area contributed by atoms with Crippen molar-refractivity contribution >= 4 is 11.6 Å². The van der Waals surface area contributed by atoms with E-state index in [2.05, 4.69) is 25.6 Å². The summed E-state index contributed by atoms with van der Waals surface area (Å²) in [5.41, 5.74) is 2.75. The molecule has 2 saturated heterocycles. The predicted molar refractivity (Wildman–Crippen MR) is 104 cm³/mol. The molecule has 3 aromatic heterocycles. The molecule has 0 spiro atoms. The minimum atomic E-state index is -0.932. The van der Waals surface area contributed by atoms with Gasteiger partial charge in [0.2, 0.25) is 5.95 Å². The number of hydrogen-bond acceptors (Lipinski definition) is 8. The lowest BCUT2D eigenvalue weighted by atomic mass is 10.1. The number of aromatic nitrogens is 5. The highest BCUT2D eigenvalue weighted by Crippen LogP contribution is 2.35. The van der Waals surface area contributed by atoms with Crippen LogP contribution in [0.4, 0.5) is 10.3 Å². The van der Waals surface area contributed by atoms with Crippen LogP contribution >= 0.6 is 0 Å². The molecule has 10 heteroatoms. The number of ether oxygens (including phenoxy) is 2. The van der Waals surface area contributed by atoms with Crippen molar-refractivity contribution < 1.29 is 13.9 Å². The summed E-state index contributed by atoms with van der Waals surface area (Å²) in [5, 5.41) is 11.0. The highest BCUT2D eigenvalue weighted by Gasteiger charge is 2.28. The van der Waals surface area contributed by atoms with Crippen LogP contribution in [0.1, 0.15) is 24.6 Å². The van der Waals surface area contributed by atoms with Gasteiger partial charge in [0.25, 0.3) is 0 Å². The average Bonchev–Trinajstić information content (AvgIpc) is 3.11. The number of halogens is 1. The van der Waals surface area contributed by atoms with E-state index in [0.717, 1.165) is 18.7 Å². The van der Waals surface area contributed by atoms with Gasteiger partial charge in [-0.25, -0.2) is 23.9 Å². The fourth-order valence-corrected chi connectivity index (χ4v) is 3.63. The second-order valence-corrected chi connectivity index (χ2v) is 7.18. The first-order chi connectivity index (χ1) is 14.2. The van der Waals surface area contributed by atoms with Crippen LogP contribution in [0, 0.1) is 0 Å². The third-order valence-corrected chi connectivity index (χ3v) is 5.34. The Hall–Kier alpha value is -2.85. The van der Waals surface area contributed by atoms with Crippen LogP contribution in [0.5, 0.6) is 5.75 Å². The lowest BCUT2D eigenvalue weighted by Crippen LogP contribution is -2.46. The van der Waals surface area contributed by atoms with Gasteiger partial charge in [-0.15, -0.1) is 0 Å². The molecule has 5 heterocycles. The number of alkyl halides is 1. The number of piperidine rings is 1. The fraction of sp³-hybridized carbons (Fsp3) is 0.474. The van der Waals surface area contributed by atoms with E-state index < -0.39 is 6.17 Å². The van der Waals surface area contributed by atoms with Crippen LogP contribution in [0.15, 0.2) is 24.5 Å². The predicted octanol–water partition coefficient (Wildman–Crippen LogP) is 1.77. The third kappa shape index (κ3) is 3.38. The smallest absolute Gasteiger partial charge is 0.223 e. The molecule has 2 fully saturated rings. The van der Waals surface area contributed by atoms with Gasteiger partial charge in [0.05, 0.1) is 31.6 Å². The number of nitrogens with zero attached hydrogens (tertiary/aromatic N) is 5. The number of hydrogen-bond donors (Lipinski definition) is 2. The molecule has 2 aliphatic rings. The zero-order valence-electron chi connectivity index (χ0n) is 16.0. The second-order valence-electron chi connectivity index (χ2n) is 7.18. The highest BCUT2D eigenvalue weighted by molar-refractivity contribution is 5.61. The number of rotatable bonds is 5. The molecule has 0 radical (unpaired) electrons. The molecule has 29 heavy (non-hydrogen) atoms. The lowest BCUT2D eigenvalue weighted by Gasteiger charge is -2.27. The van der Waals surface area contributed by atoms with Crippen LogP contribution in [0.3, 0.4) is 0 Å². The first kappa shape index (κ1) is 18.2. The summed E-state index contributed by atoms with van der Waals surface area (Å²) in [4.78, 5) is 13.2. The van der Waals surface area contributed by atoms with Gasteiger partial charge in [0.1, 0.15) is 29.4 Å². The van der Waals surface area contributed by atoms with E-state index in [0.29, 0.717) is 48.2 Å². The third-order valence-electron chi connectivity index (χ3n) is 5.34. The molecule has 0 amide bonds. The average molecular weight is 399 g/mol. The Bertz CT molecular complexity index is 1020. The Labute approximate surface area is 166 Å². The molecular weight excluding hydrogens is 377 g/mol. The Balaban J connectivity index is 1.49. The van der Waals surface area contributed by atoms with Crippen molar-refractivity contribution in [3.8, 4) is 17.1 Å². The van der Waals surface area contributed by atoms with Gasteiger partial charge >= 0.3 is 0 Å². The van der Waals surface area contributed by atoms with Crippen LogP contribution in [0.25, 0.3) is 17.0 Å². The second kappa shape index (κ2) is 7.53. The molecule has 5 rings (SSSR count). The summed E-state index contributed by atoms with van der Waals surface area (Å²) in [5.74, 6) is 1.04. The SMILES string of the molecule is COc1cc2ncc(-c3ccnc(N[C@H]4CNCC[C@@H]4F)n3)n2nc1C1CCO1. The summed E-state index contributed by atoms with van der Waals surface area (Å²) >= 11 is 0. The number of imidazole rings is 1. The van der Waals surface area contributed by atoms with Crippen molar-refractivity contribution in [1.29, 1.82) is 0 Å². The molecule has 0 saturated carbocycles. The monoisotopic (exact) mass is 399 g/mol. The van der Waals surface area contributed by atoms with Crippen molar-refractivity contribution in [1.82, 2.24) is 29.9 Å². The molecule has 3 atom stereocenters. The molecule has 0 aliphatic carbocycles. The minimum absolute atomic E-state index is 0.0764. The summed E-state index contributed by atoms with van der Waals surface area (Å²) < 4.78 is 26.9. The number of fused-ring (bicyclic) bond motifs is 1.